The summed E-state index contributed by atoms with van der Waals surface area (Å²) in [7, 11) is 0. The average molecular weight is 350 g/mol. The highest BCUT2D eigenvalue weighted by Crippen LogP contribution is 2.38. The van der Waals surface area contributed by atoms with E-state index in [1.807, 2.05) is 0 Å². The third-order valence-corrected chi connectivity index (χ3v) is 4.14. The minimum Gasteiger partial charge on any atom is -0.258 e. The molecule has 1 aliphatic rings. The van der Waals surface area contributed by atoms with Crippen molar-refractivity contribution in [3.63, 3.8) is 0 Å². The lowest BCUT2D eigenvalue weighted by atomic mass is 10.1. The molecular formula is C10H10Br2N2O2. The SMILES string of the molecule is O=[N+]([O-])c1cc(Br)cnc1CC(Br)C1CC1. The topological polar surface area (TPSA) is 56.0 Å². The summed E-state index contributed by atoms with van der Waals surface area (Å²) in [6.45, 7) is 0. The lowest BCUT2D eigenvalue weighted by Gasteiger charge is -2.07. The smallest absolute Gasteiger partial charge is 0.258 e. The van der Waals surface area contributed by atoms with Gasteiger partial charge in [-0.15, -0.1) is 0 Å². The van der Waals surface area contributed by atoms with Crippen LogP contribution in [0.5, 0.6) is 0 Å². The average Bonchev–Trinajstić information content (AvgIpc) is 3.03. The molecular weight excluding hydrogens is 340 g/mol. The third-order valence-electron chi connectivity index (χ3n) is 2.63. The number of pyridine rings is 1. The van der Waals surface area contributed by atoms with E-state index in [4.69, 9.17) is 0 Å². The Labute approximate surface area is 110 Å². The molecule has 0 bridgehead atoms. The van der Waals surface area contributed by atoms with Crippen molar-refractivity contribution in [2.75, 3.05) is 0 Å². The van der Waals surface area contributed by atoms with Gasteiger partial charge in [0.05, 0.1) is 4.92 Å². The number of nitro groups is 1. The zero-order valence-corrected chi connectivity index (χ0v) is 11.6. The first-order chi connectivity index (χ1) is 7.58. The molecule has 1 atom stereocenters. The minimum atomic E-state index is -0.375. The Balaban J connectivity index is 2.21. The third kappa shape index (κ3) is 2.79. The van der Waals surface area contributed by atoms with Gasteiger partial charge in [-0.1, -0.05) is 15.9 Å². The summed E-state index contributed by atoms with van der Waals surface area (Å²) in [5, 5.41) is 10.9. The van der Waals surface area contributed by atoms with Crippen LogP contribution < -0.4 is 0 Å². The molecule has 16 heavy (non-hydrogen) atoms. The summed E-state index contributed by atoms with van der Waals surface area (Å²) in [5.41, 5.74) is 0.654. The van der Waals surface area contributed by atoms with Crippen LogP contribution in [0.4, 0.5) is 5.69 Å². The molecule has 4 nitrogen and oxygen atoms in total. The Morgan fingerprint density at radius 2 is 2.31 bits per heavy atom. The lowest BCUT2D eigenvalue weighted by molar-refractivity contribution is -0.386. The van der Waals surface area contributed by atoms with Crippen molar-refractivity contribution in [2.24, 2.45) is 5.92 Å². The van der Waals surface area contributed by atoms with Crippen LogP contribution in [0.2, 0.25) is 0 Å². The van der Waals surface area contributed by atoms with Gasteiger partial charge in [-0.05, 0) is 34.7 Å². The number of alkyl halides is 1. The van der Waals surface area contributed by atoms with E-state index >= 15 is 0 Å². The predicted octanol–water partition coefficient (Wildman–Crippen LogP) is 3.47. The van der Waals surface area contributed by atoms with Crippen molar-refractivity contribution in [3.8, 4) is 0 Å². The molecule has 1 aliphatic carbocycles. The maximum atomic E-state index is 10.9. The van der Waals surface area contributed by atoms with Crippen molar-refractivity contribution in [1.82, 2.24) is 4.98 Å². The Kier molecular flexibility index (Phi) is 3.59. The van der Waals surface area contributed by atoms with Gasteiger partial charge in [0.2, 0.25) is 0 Å². The normalized spacial score (nSPS) is 17.1. The first-order valence-corrected chi connectivity index (χ1v) is 6.71. The van der Waals surface area contributed by atoms with Crippen LogP contribution in [0.1, 0.15) is 18.5 Å². The van der Waals surface area contributed by atoms with E-state index in [1.54, 1.807) is 6.20 Å². The molecule has 86 valence electrons. The monoisotopic (exact) mass is 348 g/mol. The minimum absolute atomic E-state index is 0.0967. The van der Waals surface area contributed by atoms with Crippen LogP contribution in [0.25, 0.3) is 0 Å². The molecule has 0 radical (unpaired) electrons. The van der Waals surface area contributed by atoms with E-state index in [2.05, 4.69) is 36.8 Å². The molecule has 0 aromatic carbocycles. The second kappa shape index (κ2) is 4.79. The van der Waals surface area contributed by atoms with Gasteiger partial charge in [-0.2, -0.15) is 0 Å². The maximum Gasteiger partial charge on any atom is 0.291 e. The number of nitrogens with zero attached hydrogens (tertiary/aromatic N) is 2. The van der Waals surface area contributed by atoms with Gasteiger partial charge < -0.3 is 0 Å². The molecule has 6 heteroatoms. The second-order valence-electron chi connectivity index (χ2n) is 3.93. The summed E-state index contributed by atoms with van der Waals surface area (Å²) in [6.07, 6.45) is 4.64. The molecule has 1 fully saturated rings. The molecule has 0 aliphatic heterocycles. The summed E-state index contributed by atoms with van der Waals surface area (Å²) in [5.74, 6) is 0.657. The molecule has 0 N–H and O–H groups in total. The second-order valence-corrected chi connectivity index (χ2v) is 6.03. The van der Waals surface area contributed by atoms with Crippen molar-refractivity contribution in [1.29, 1.82) is 0 Å². The van der Waals surface area contributed by atoms with Gasteiger partial charge in [-0.3, -0.25) is 15.1 Å². The molecule has 1 heterocycles. The zero-order chi connectivity index (χ0) is 11.7. The van der Waals surface area contributed by atoms with E-state index in [1.165, 1.54) is 18.9 Å². The van der Waals surface area contributed by atoms with E-state index in [0.717, 1.165) is 0 Å². The number of rotatable bonds is 4. The number of hydrogen-bond acceptors (Lipinski definition) is 3. The molecule has 1 aromatic rings. The van der Waals surface area contributed by atoms with Crippen LogP contribution in [0.15, 0.2) is 16.7 Å². The fourth-order valence-corrected chi connectivity index (χ4v) is 2.74. The van der Waals surface area contributed by atoms with Crippen LogP contribution in [0, 0.1) is 16.0 Å². The van der Waals surface area contributed by atoms with Gasteiger partial charge in [0, 0.05) is 28.0 Å². The van der Waals surface area contributed by atoms with Crippen LogP contribution in [0.3, 0.4) is 0 Å². The molecule has 1 saturated carbocycles. The summed E-state index contributed by atoms with van der Waals surface area (Å²) in [6, 6.07) is 1.51. The van der Waals surface area contributed by atoms with Crippen molar-refractivity contribution < 1.29 is 4.92 Å². The Bertz CT molecular complexity index is 421. The fraction of sp³-hybridized carbons (Fsp3) is 0.500. The molecule has 0 amide bonds. The van der Waals surface area contributed by atoms with Gasteiger partial charge in [0.15, 0.2) is 0 Å². The highest BCUT2D eigenvalue weighted by atomic mass is 79.9. The largest absolute Gasteiger partial charge is 0.291 e. The Morgan fingerprint density at radius 3 is 2.88 bits per heavy atom. The van der Waals surface area contributed by atoms with Crippen molar-refractivity contribution in [2.45, 2.75) is 24.1 Å². The van der Waals surface area contributed by atoms with E-state index in [-0.39, 0.29) is 10.6 Å². The molecule has 1 aromatic heterocycles. The number of aromatic nitrogens is 1. The molecule has 2 rings (SSSR count). The lowest BCUT2D eigenvalue weighted by Crippen LogP contribution is -2.09. The van der Waals surface area contributed by atoms with Gasteiger partial charge >= 0.3 is 0 Å². The van der Waals surface area contributed by atoms with Crippen molar-refractivity contribution in [3.05, 3.63) is 32.5 Å². The van der Waals surface area contributed by atoms with Crippen LogP contribution >= 0.6 is 31.9 Å². The van der Waals surface area contributed by atoms with Crippen LogP contribution in [-0.2, 0) is 6.42 Å². The summed E-state index contributed by atoms with van der Waals surface area (Å²) >= 11 is 6.76. The maximum absolute atomic E-state index is 10.9. The quantitative estimate of drug-likeness (QED) is 0.475. The molecule has 0 spiro atoms. The van der Waals surface area contributed by atoms with Gasteiger partial charge in [0.25, 0.3) is 5.69 Å². The van der Waals surface area contributed by atoms with Gasteiger partial charge in [-0.25, -0.2) is 0 Å². The van der Waals surface area contributed by atoms with E-state index in [0.29, 0.717) is 27.3 Å². The van der Waals surface area contributed by atoms with E-state index < -0.39 is 0 Å². The highest BCUT2D eigenvalue weighted by molar-refractivity contribution is 9.10. The molecule has 0 saturated heterocycles. The van der Waals surface area contributed by atoms with Gasteiger partial charge in [0.1, 0.15) is 5.69 Å². The Morgan fingerprint density at radius 1 is 1.62 bits per heavy atom. The first-order valence-electron chi connectivity index (χ1n) is 5.01. The van der Waals surface area contributed by atoms with Crippen LogP contribution in [-0.4, -0.2) is 14.7 Å². The number of hydrogen-bond donors (Lipinski definition) is 0. The Hall–Kier alpha value is -0.490. The molecule has 1 unspecified atom stereocenters. The standard InChI is InChI=1S/C10H10Br2N2O2/c11-7-3-10(14(15)16)9(13-5-7)4-8(12)6-1-2-6/h3,5-6,8H,1-2,4H2. The van der Waals surface area contributed by atoms with E-state index in [9.17, 15) is 10.1 Å². The number of halogens is 2. The predicted molar refractivity (Wildman–Crippen MR) is 67.7 cm³/mol. The summed E-state index contributed by atoms with van der Waals surface area (Å²) < 4.78 is 0.639. The zero-order valence-electron chi connectivity index (χ0n) is 8.40. The highest BCUT2D eigenvalue weighted by Gasteiger charge is 2.31. The fourth-order valence-electron chi connectivity index (χ4n) is 1.58. The summed E-state index contributed by atoms with van der Waals surface area (Å²) in [4.78, 5) is 14.9. The first kappa shape index (κ1) is 12.0. The van der Waals surface area contributed by atoms with Crippen molar-refractivity contribution >= 4 is 37.5 Å².